The Hall–Kier alpha value is -0.0800. The van der Waals surface area contributed by atoms with Crippen molar-refractivity contribution in [3.8, 4) is 0 Å². The van der Waals surface area contributed by atoms with Crippen LogP contribution >= 0.6 is 0 Å². The normalized spacial score (nSPS) is 13.5. The number of rotatable bonds is 6. The molecule has 1 N–H and O–H groups in total. The average molecular weight is 145 g/mol. The Labute approximate surface area is 64.0 Å². The van der Waals surface area contributed by atoms with Crippen molar-refractivity contribution in [3.05, 3.63) is 0 Å². The predicted octanol–water partition coefficient (Wildman–Crippen LogP) is 1.41. The Balaban J connectivity index is 3.21. The molecule has 0 saturated heterocycles. The average Bonchev–Trinajstić information content (AvgIpc) is 1.98. The lowest BCUT2D eigenvalue weighted by atomic mass is 10.1. The van der Waals surface area contributed by atoms with E-state index in [1.165, 1.54) is 12.8 Å². The zero-order valence-corrected chi connectivity index (χ0v) is 7.31. The SMILES string of the molecule is CCCC(CCNC)OC. The Bertz CT molecular complexity index is 66.3. The van der Waals surface area contributed by atoms with Crippen molar-refractivity contribution in [2.45, 2.75) is 32.3 Å². The summed E-state index contributed by atoms with van der Waals surface area (Å²) in [5.74, 6) is 0. The summed E-state index contributed by atoms with van der Waals surface area (Å²) in [5, 5.41) is 3.11. The molecule has 0 aromatic rings. The highest BCUT2D eigenvalue weighted by Crippen LogP contribution is 2.03. The maximum absolute atomic E-state index is 5.25. The van der Waals surface area contributed by atoms with Gasteiger partial charge in [0.15, 0.2) is 0 Å². The molecule has 0 fully saturated rings. The first kappa shape index (κ1) is 9.92. The summed E-state index contributed by atoms with van der Waals surface area (Å²) in [5.41, 5.74) is 0. The first-order valence-corrected chi connectivity index (χ1v) is 4.02. The molecule has 1 atom stereocenters. The maximum Gasteiger partial charge on any atom is 0.0583 e. The van der Waals surface area contributed by atoms with Gasteiger partial charge in [-0.2, -0.15) is 0 Å². The summed E-state index contributed by atoms with van der Waals surface area (Å²) in [6.07, 6.45) is 3.97. The zero-order valence-electron chi connectivity index (χ0n) is 7.31. The molecular formula is C8H19NO. The summed E-state index contributed by atoms with van der Waals surface area (Å²) in [6.45, 7) is 3.24. The van der Waals surface area contributed by atoms with Crippen LogP contribution in [-0.2, 0) is 4.74 Å². The molecule has 0 saturated carbocycles. The molecule has 0 spiro atoms. The van der Waals surface area contributed by atoms with Crippen LogP contribution in [0, 0.1) is 0 Å². The van der Waals surface area contributed by atoms with E-state index in [0.717, 1.165) is 13.0 Å². The van der Waals surface area contributed by atoms with E-state index >= 15 is 0 Å². The summed E-state index contributed by atoms with van der Waals surface area (Å²) < 4.78 is 5.25. The van der Waals surface area contributed by atoms with Crippen molar-refractivity contribution in [1.82, 2.24) is 5.32 Å². The fourth-order valence-corrected chi connectivity index (χ4v) is 1.01. The standard InChI is InChI=1S/C8H19NO/c1-4-5-8(10-3)6-7-9-2/h8-9H,4-7H2,1-3H3. The van der Waals surface area contributed by atoms with E-state index < -0.39 is 0 Å². The Morgan fingerprint density at radius 1 is 1.40 bits per heavy atom. The number of nitrogens with one attached hydrogen (secondary N) is 1. The van der Waals surface area contributed by atoms with Crippen LogP contribution in [0.15, 0.2) is 0 Å². The highest BCUT2D eigenvalue weighted by molar-refractivity contribution is 4.57. The van der Waals surface area contributed by atoms with Gasteiger partial charge in [-0.1, -0.05) is 13.3 Å². The number of ether oxygens (including phenoxy) is 1. The molecule has 0 radical (unpaired) electrons. The van der Waals surface area contributed by atoms with E-state index in [1.54, 1.807) is 7.11 Å². The second-order valence-corrected chi connectivity index (χ2v) is 2.54. The molecule has 0 rings (SSSR count). The monoisotopic (exact) mass is 145 g/mol. The van der Waals surface area contributed by atoms with Gasteiger partial charge in [-0.05, 0) is 26.4 Å². The van der Waals surface area contributed by atoms with E-state index in [1.807, 2.05) is 7.05 Å². The fourth-order valence-electron chi connectivity index (χ4n) is 1.01. The minimum absolute atomic E-state index is 0.456. The van der Waals surface area contributed by atoms with Gasteiger partial charge in [0.25, 0.3) is 0 Å². The van der Waals surface area contributed by atoms with Crippen LogP contribution in [-0.4, -0.2) is 26.8 Å². The molecule has 10 heavy (non-hydrogen) atoms. The molecule has 0 aliphatic carbocycles. The second-order valence-electron chi connectivity index (χ2n) is 2.54. The van der Waals surface area contributed by atoms with Gasteiger partial charge in [0, 0.05) is 7.11 Å². The van der Waals surface area contributed by atoms with Gasteiger partial charge in [0.2, 0.25) is 0 Å². The smallest absolute Gasteiger partial charge is 0.0583 e. The molecule has 1 unspecified atom stereocenters. The molecule has 2 nitrogen and oxygen atoms in total. The van der Waals surface area contributed by atoms with Gasteiger partial charge in [0.1, 0.15) is 0 Å². The number of hydrogen-bond donors (Lipinski definition) is 1. The zero-order chi connectivity index (χ0) is 7.82. The molecule has 0 aliphatic rings. The lowest BCUT2D eigenvalue weighted by molar-refractivity contribution is 0.0879. The van der Waals surface area contributed by atoms with E-state index in [2.05, 4.69) is 12.2 Å². The highest BCUT2D eigenvalue weighted by atomic mass is 16.5. The molecule has 0 bridgehead atoms. The highest BCUT2D eigenvalue weighted by Gasteiger charge is 2.03. The van der Waals surface area contributed by atoms with Crippen LogP contribution < -0.4 is 5.32 Å². The molecular weight excluding hydrogens is 126 g/mol. The summed E-state index contributed by atoms with van der Waals surface area (Å²) >= 11 is 0. The van der Waals surface area contributed by atoms with Gasteiger partial charge < -0.3 is 10.1 Å². The van der Waals surface area contributed by atoms with Crippen molar-refractivity contribution in [2.75, 3.05) is 20.7 Å². The van der Waals surface area contributed by atoms with E-state index in [-0.39, 0.29) is 0 Å². The van der Waals surface area contributed by atoms with Gasteiger partial charge in [-0.3, -0.25) is 0 Å². The van der Waals surface area contributed by atoms with Crippen LogP contribution in [0.2, 0.25) is 0 Å². The van der Waals surface area contributed by atoms with Crippen LogP contribution in [0.3, 0.4) is 0 Å². The molecule has 2 heteroatoms. The Kier molecular flexibility index (Phi) is 6.98. The molecule has 0 amide bonds. The first-order chi connectivity index (χ1) is 4.85. The largest absolute Gasteiger partial charge is 0.381 e. The van der Waals surface area contributed by atoms with Gasteiger partial charge >= 0.3 is 0 Å². The fraction of sp³-hybridized carbons (Fsp3) is 1.00. The summed E-state index contributed by atoms with van der Waals surface area (Å²) in [7, 11) is 3.76. The van der Waals surface area contributed by atoms with Crippen molar-refractivity contribution >= 4 is 0 Å². The van der Waals surface area contributed by atoms with Crippen molar-refractivity contribution < 1.29 is 4.74 Å². The van der Waals surface area contributed by atoms with E-state index in [4.69, 9.17) is 4.74 Å². The number of methoxy groups -OCH3 is 1. The van der Waals surface area contributed by atoms with Crippen LogP contribution in [0.1, 0.15) is 26.2 Å². The van der Waals surface area contributed by atoms with Gasteiger partial charge in [-0.15, -0.1) is 0 Å². The summed E-state index contributed by atoms with van der Waals surface area (Å²) in [4.78, 5) is 0. The maximum atomic E-state index is 5.25. The molecule has 0 aliphatic heterocycles. The predicted molar refractivity (Wildman–Crippen MR) is 44.2 cm³/mol. The topological polar surface area (TPSA) is 21.3 Å². The van der Waals surface area contributed by atoms with Crippen molar-refractivity contribution in [2.24, 2.45) is 0 Å². The first-order valence-electron chi connectivity index (χ1n) is 4.02. The van der Waals surface area contributed by atoms with E-state index in [0.29, 0.717) is 6.10 Å². The quantitative estimate of drug-likeness (QED) is 0.610. The third-order valence-corrected chi connectivity index (χ3v) is 1.66. The minimum atomic E-state index is 0.456. The Morgan fingerprint density at radius 3 is 2.50 bits per heavy atom. The van der Waals surface area contributed by atoms with Crippen molar-refractivity contribution in [1.29, 1.82) is 0 Å². The second kappa shape index (κ2) is 7.03. The lowest BCUT2D eigenvalue weighted by Crippen LogP contribution is -2.18. The molecule has 0 aromatic heterocycles. The lowest BCUT2D eigenvalue weighted by Gasteiger charge is -2.12. The minimum Gasteiger partial charge on any atom is -0.381 e. The Morgan fingerprint density at radius 2 is 2.10 bits per heavy atom. The van der Waals surface area contributed by atoms with Gasteiger partial charge in [-0.25, -0.2) is 0 Å². The molecule has 0 heterocycles. The molecule has 62 valence electrons. The van der Waals surface area contributed by atoms with Crippen LogP contribution in [0.4, 0.5) is 0 Å². The molecule has 0 aromatic carbocycles. The number of hydrogen-bond acceptors (Lipinski definition) is 2. The van der Waals surface area contributed by atoms with Crippen molar-refractivity contribution in [3.63, 3.8) is 0 Å². The third-order valence-electron chi connectivity index (χ3n) is 1.66. The van der Waals surface area contributed by atoms with E-state index in [9.17, 15) is 0 Å². The van der Waals surface area contributed by atoms with Gasteiger partial charge in [0.05, 0.1) is 6.10 Å². The summed E-state index contributed by atoms with van der Waals surface area (Å²) in [6, 6.07) is 0. The van der Waals surface area contributed by atoms with Crippen LogP contribution in [0.5, 0.6) is 0 Å². The van der Waals surface area contributed by atoms with Crippen LogP contribution in [0.25, 0.3) is 0 Å². The third kappa shape index (κ3) is 4.77.